The van der Waals surface area contributed by atoms with E-state index in [-0.39, 0.29) is 0 Å². The predicted octanol–water partition coefficient (Wildman–Crippen LogP) is 3.62. The van der Waals surface area contributed by atoms with Crippen LogP contribution in [0.15, 0.2) is 18.2 Å². The standard InChI is InChI=1S/C11H16ClNO.C2H6/c1-9-4-5-10(8-11(9)12)14-7-6-13(2)3;1-2/h4-5,8H,6-7H2,1-3H3;1-2H3. The molecule has 16 heavy (non-hydrogen) atoms. The monoisotopic (exact) mass is 243 g/mol. The van der Waals surface area contributed by atoms with Gasteiger partial charge in [-0.25, -0.2) is 0 Å². The van der Waals surface area contributed by atoms with Gasteiger partial charge in [0, 0.05) is 11.6 Å². The highest BCUT2D eigenvalue weighted by molar-refractivity contribution is 6.31. The molecule has 0 aliphatic rings. The fraction of sp³-hybridized carbons (Fsp3) is 0.538. The molecular weight excluding hydrogens is 222 g/mol. The summed E-state index contributed by atoms with van der Waals surface area (Å²) in [5, 5.41) is 0.757. The normalized spacial score (nSPS) is 9.69. The van der Waals surface area contributed by atoms with Crippen molar-refractivity contribution in [2.45, 2.75) is 20.8 Å². The van der Waals surface area contributed by atoms with Gasteiger partial charge in [-0.15, -0.1) is 0 Å². The van der Waals surface area contributed by atoms with E-state index >= 15 is 0 Å². The van der Waals surface area contributed by atoms with Crippen LogP contribution in [0.3, 0.4) is 0 Å². The molecule has 0 atom stereocenters. The summed E-state index contributed by atoms with van der Waals surface area (Å²) in [6.07, 6.45) is 0. The average Bonchev–Trinajstić information content (AvgIpc) is 2.26. The molecule has 0 fully saturated rings. The Bertz CT molecular complexity index is 300. The molecule has 0 aromatic heterocycles. The summed E-state index contributed by atoms with van der Waals surface area (Å²) < 4.78 is 5.53. The molecule has 2 nitrogen and oxygen atoms in total. The largest absolute Gasteiger partial charge is 0.492 e. The van der Waals surface area contributed by atoms with E-state index in [1.165, 1.54) is 0 Å². The zero-order valence-electron chi connectivity index (χ0n) is 10.9. The van der Waals surface area contributed by atoms with Crippen LogP contribution in [0.1, 0.15) is 19.4 Å². The lowest BCUT2D eigenvalue weighted by Gasteiger charge is -2.11. The Kier molecular flexibility index (Phi) is 8.04. The Balaban J connectivity index is 0.00000106. The molecule has 0 saturated heterocycles. The fourth-order valence-electron chi connectivity index (χ4n) is 1.01. The number of nitrogens with zero attached hydrogens (tertiary/aromatic N) is 1. The molecule has 0 N–H and O–H groups in total. The first-order valence-electron chi connectivity index (χ1n) is 5.63. The fourth-order valence-corrected chi connectivity index (χ4v) is 1.18. The van der Waals surface area contributed by atoms with Crippen LogP contribution < -0.4 is 4.74 Å². The van der Waals surface area contributed by atoms with Crippen LogP contribution in [-0.2, 0) is 0 Å². The topological polar surface area (TPSA) is 12.5 Å². The number of benzene rings is 1. The van der Waals surface area contributed by atoms with Crippen molar-refractivity contribution in [1.82, 2.24) is 4.90 Å². The summed E-state index contributed by atoms with van der Waals surface area (Å²) in [5.41, 5.74) is 1.08. The first kappa shape index (κ1) is 15.3. The van der Waals surface area contributed by atoms with E-state index in [1.54, 1.807) is 0 Å². The van der Waals surface area contributed by atoms with Gasteiger partial charge in [-0.2, -0.15) is 0 Å². The summed E-state index contributed by atoms with van der Waals surface area (Å²) in [5.74, 6) is 0.836. The highest BCUT2D eigenvalue weighted by Gasteiger charge is 1.98. The van der Waals surface area contributed by atoms with E-state index in [0.717, 1.165) is 22.9 Å². The maximum atomic E-state index is 5.96. The van der Waals surface area contributed by atoms with Crippen molar-refractivity contribution >= 4 is 11.6 Å². The van der Waals surface area contributed by atoms with Crippen LogP contribution in [0.5, 0.6) is 5.75 Å². The van der Waals surface area contributed by atoms with E-state index in [0.29, 0.717) is 6.61 Å². The van der Waals surface area contributed by atoms with Gasteiger partial charge in [-0.05, 0) is 38.7 Å². The van der Waals surface area contributed by atoms with Crippen molar-refractivity contribution in [3.05, 3.63) is 28.8 Å². The quantitative estimate of drug-likeness (QED) is 0.801. The highest BCUT2D eigenvalue weighted by atomic mass is 35.5. The first-order valence-corrected chi connectivity index (χ1v) is 6.01. The van der Waals surface area contributed by atoms with Crippen molar-refractivity contribution in [3.63, 3.8) is 0 Å². The van der Waals surface area contributed by atoms with E-state index in [1.807, 2.05) is 53.1 Å². The molecular formula is C13H22ClNO. The van der Waals surface area contributed by atoms with Crippen LogP contribution in [-0.4, -0.2) is 32.1 Å². The van der Waals surface area contributed by atoms with E-state index in [2.05, 4.69) is 4.90 Å². The van der Waals surface area contributed by atoms with Crippen LogP contribution in [0.25, 0.3) is 0 Å². The lowest BCUT2D eigenvalue weighted by atomic mass is 10.2. The Morgan fingerprint density at radius 3 is 2.38 bits per heavy atom. The smallest absolute Gasteiger partial charge is 0.120 e. The average molecular weight is 244 g/mol. The lowest BCUT2D eigenvalue weighted by molar-refractivity contribution is 0.261. The van der Waals surface area contributed by atoms with Gasteiger partial charge in [-0.3, -0.25) is 0 Å². The van der Waals surface area contributed by atoms with Gasteiger partial charge in [-0.1, -0.05) is 31.5 Å². The van der Waals surface area contributed by atoms with Crippen LogP contribution >= 0.6 is 11.6 Å². The minimum Gasteiger partial charge on any atom is -0.492 e. The molecule has 0 amide bonds. The summed E-state index contributed by atoms with van der Waals surface area (Å²) >= 11 is 5.96. The van der Waals surface area contributed by atoms with Crippen molar-refractivity contribution in [2.24, 2.45) is 0 Å². The molecule has 3 heteroatoms. The molecule has 0 spiro atoms. The van der Waals surface area contributed by atoms with Gasteiger partial charge in [0.2, 0.25) is 0 Å². The van der Waals surface area contributed by atoms with Crippen LogP contribution in [0.4, 0.5) is 0 Å². The summed E-state index contributed by atoms with van der Waals surface area (Å²) in [6.45, 7) is 7.57. The third-order valence-corrected chi connectivity index (χ3v) is 2.36. The molecule has 0 bridgehead atoms. The Morgan fingerprint density at radius 1 is 1.25 bits per heavy atom. The number of likely N-dealkylation sites (N-methyl/N-ethyl adjacent to an activating group) is 1. The second-order valence-electron chi connectivity index (χ2n) is 3.56. The number of hydrogen-bond acceptors (Lipinski definition) is 2. The molecule has 1 rings (SSSR count). The first-order chi connectivity index (χ1) is 7.59. The zero-order chi connectivity index (χ0) is 12.6. The molecule has 0 saturated carbocycles. The van der Waals surface area contributed by atoms with Crippen molar-refractivity contribution in [3.8, 4) is 5.75 Å². The Hall–Kier alpha value is -0.730. The summed E-state index contributed by atoms with van der Waals surface area (Å²) in [6, 6.07) is 5.76. The molecule has 1 aromatic carbocycles. The van der Waals surface area contributed by atoms with E-state index in [9.17, 15) is 0 Å². The minimum atomic E-state index is 0.687. The minimum absolute atomic E-state index is 0.687. The maximum absolute atomic E-state index is 5.96. The van der Waals surface area contributed by atoms with Gasteiger partial charge in [0.1, 0.15) is 12.4 Å². The second kappa shape index (κ2) is 8.43. The molecule has 0 aliphatic carbocycles. The third kappa shape index (κ3) is 5.99. The Morgan fingerprint density at radius 2 is 1.88 bits per heavy atom. The number of halogens is 1. The van der Waals surface area contributed by atoms with Gasteiger partial charge in [0.15, 0.2) is 0 Å². The Labute approximate surface area is 104 Å². The van der Waals surface area contributed by atoms with Crippen LogP contribution in [0.2, 0.25) is 5.02 Å². The maximum Gasteiger partial charge on any atom is 0.120 e. The molecule has 0 unspecified atom stereocenters. The van der Waals surface area contributed by atoms with Gasteiger partial charge >= 0.3 is 0 Å². The molecule has 0 aliphatic heterocycles. The summed E-state index contributed by atoms with van der Waals surface area (Å²) in [7, 11) is 4.04. The number of ether oxygens (including phenoxy) is 1. The third-order valence-electron chi connectivity index (χ3n) is 1.95. The molecule has 0 radical (unpaired) electrons. The van der Waals surface area contributed by atoms with E-state index in [4.69, 9.17) is 16.3 Å². The number of hydrogen-bond donors (Lipinski definition) is 0. The van der Waals surface area contributed by atoms with Crippen LogP contribution in [0, 0.1) is 6.92 Å². The SMILES string of the molecule is CC.Cc1ccc(OCCN(C)C)cc1Cl. The van der Waals surface area contributed by atoms with Crippen molar-refractivity contribution < 1.29 is 4.74 Å². The molecule has 1 aromatic rings. The molecule has 0 heterocycles. The van der Waals surface area contributed by atoms with Gasteiger partial charge in [0.05, 0.1) is 0 Å². The van der Waals surface area contributed by atoms with E-state index < -0.39 is 0 Å². The highest BCUT2D eigenvalue weighted by Crippen LogP contribution is 2.21. The molecule has 92 valence electrons. The van der Waals surface area contributed by atoms with Crippen molar-refractivity contribution in [1.29, 1.82) is 0 Å². The van der Waals surface area contributed by atoms with Gasteiger partial charge in [0.25, 0.3) is 0 Å². The zero-order valence-corrected chi connectivity index (χ0v) is 11.6. The predicted molar refractivity (Wildman–Crippen MR) is 71.6 cm³/mol. The lowest BCUT2D eigenvalue weighted by Crippen LogP contribution is -2.19. The van der Waals surface area contributed by atoms with Gasteiger partial charge < -0.3 is 9.64 Å². The number of aryl methyl sites for hydroxylation is 1. The summed E-state index contributed by atoms with van der Waals surface area (Å²) in [4.78, 5) is 2.08. The van der Waals surface area contributed by atoms with Crippen molar-refractivity contribution in [2.75, 3.05) is 27.2 Å². The number of rotatable bonds is 4. The second-order valence-corrected chi connectivity index (χ2v) is 3.97.